The van der Waals surface area contributed by atoms with Crippen LogP contribution in [0.25, 0.3) is 5.76 Å². The second-order valence-corrected chi connectivity index (χ2v) is 6.78. The molecule has 2 aromatic rings. The number of ether oxygens (including phenoxy) is 2. The Morgan fingerprint density at radius 2 is 2.04 bits per heavy atom. The summed E-state index contributed by atoms with van der Waals surface area (Å²) in [5.41, 5.74) is 7.32. The van der Waals surface area contributed by atoms with Crippen molar-refractivity contribution in [3.63, 3.8) is 0 Å². The quantitative estimate of drug-likeness (QED) is 0.710. The van der Waals surface area contributed by atoms with E-state index < -0.39 is 17.7 Å². The monoisotopic (exact) mass is 442 g/mol. The zero-order valence-corrected chi connectivity index (χ0v) is 16.5. The van der Waals surface area contributed by atoms with Crippen molar-refractivity contribution in [2.75, 3.05) is 6.61 Å². The summed E-state index contributed by atoms with van der Waals surface area (Å²) in [6.07, 6.45) is 0. The Labute approximate surface area is 170 Å². The van der Waals surface area contributed by atoms with Crippen molar-refractivity contribution in [2.45, 2.75) is 12.8 Å². The highest BCUT2D eigenvalue weighted by molar-refractivity contribution is 9.10. The first-order valence-electron chi connectivity index (χ1n) is 8.47. The van der Waals surface area contributed by atoms with E-state index in [2.05, 4.69) is 15.9 Å². The van der Waals surface area contributed by atoms with E-state index in [1.807, 2.05) is 12.1 Å². The highest BCUT2D eigenvalue weighted by Gasteiger charge is 2.38. The Bertz CT molecular complexity index is 1030. The molecule has 0 radical (unpaired) electrons. The number of allylic oxidation sites excluding steroid dienone is 1. The van der Waals surface area contributed by atoms with Gasteiger partial charge in [-0.05, 0) is 40.5 Å². The summed E-state index contributed by atoms with van der Waals surface area (Å²) in [6.45, 7) is 1.83. The third kappa shape index (κ3) is 3.64. The van der Waals surface area contributed by atoms with Gasteiger partial charge in [-0.25, -0.2) is 9.18 Å². The largest absolute Gasteiger partial charge is 0.463 e. The Morgan fingerprint density at radius 1 is 1.32 bits per heavy atom. The molecular weight excluding hydrogens is 427 g/mol. The Hall–Kier alpha value is -3.11. The van der Waals surface area contributed by atoms with Gasteiger partial charge in [0.2, 0.25) is 5.88 Å². The number of hydrogen-bond acceptors (Lipinski definition) is 5. The topological polar surface area (TPSA) is 85.3 Å². The Morgan fingerprint density at radius 3 is 2.64 bits per heavy atom. The molecule has 1 aliphatic rings. The molecule has 1 aliphatic heterocycles. The molecule has 1 atom stereocenters. The van der Waals surface area contributed by atoms with Crippen molar-refractivity contribution in [3.05, 3.63) is 87.0 Å². The molecule has 3 rings (SSSR count). The summed E-state index contributed by atoms with van der Waals surface area (Å²) in [5, 5.41) is 9.67. The minimum Gasteiger partial charge on any atom is -0.463 e. The van der Waals surface area contributed by atoms with Gasteiger partial charge in [-0.3, -0.25) is 0 Å². The van der Waals surface area contributed by atoms with Gasteiger partial charge in [-0.1, -0.05) is 36.4 Å². The summed E-state index contributed by atoms with van der Waals surface area (Å²) in [4.78, 5) is 12.9. The predicted octanol–water partition coefficient (Wildman–Crippen LogP) is 4.37. The number of nitrogens with two attached hydrogens (primary N) is 1. The number of carbonyl (C=O) groups is 1. The SMILES string of the molecule is CCOC(=O)C1=C(c2ccccc2)OC(N)=C(C#N)C1c1ccc(F)c(Br)c1. The van der Waals surface area contributed by atoms with E-state index in [0.717, 1.165) is 0 Å². The predicted molar refractivity (Wildman–Crippen MR) is 105 cm³/mol. The molecular formula is C21H16BrFN2O3. The van der Waals surface area contributed by atoms with Gasteiger partial charge in [0.15, 0.2) is 0 Å². The molecule has 28 heavy (non-hydrogen) atoms. The first-order valence-corrected chi connectivity index (χ1v) is 9.26. The lowest BCUT2D eigenvalue weighted by molar-refractivity contribution is -0.138. The van der Waals surface area contributed by atoms with Crippen molar-refractivity contribution in [1.82, 2.24) is 0 Å². The van der Waals surface area contributed by atoms with Gasteiger partial charge in [-0.15, -0.1) is 0 Å². The molecule has 142 valence electrons. The number of benzene rings is 2. The van der Waals surface area contributed by atoms with Gasteiger partial charge >= 0.3 is 5.97 Å². The van der Waals surface area contributed by atoms with E-state index in [4.69, 9.17) is 15.2 Å². The van der Waals surface area contributed by atoms with Crippen LogP contribution in [0.4, 0.5) is 4.39 Å². The molecule has 0 saturated heterocycles. The van der Waals surface area contributed by atoms with Crippen LogP contribution in [0.3, 0.4) is 0 Å². The minimum absolute atomic E-state index is 0.0567. The zero-order chi connectivity index (χ0) is 20.3. The molecule has 1 heterocycles. The lowest BCUT2D eigenvalue weighted by Gasteiger charge is -2.28. The van der Waals surface area contributed by atoms with Crippen LogP contribution in [-0.4, -0.2) is 12.6 Å². The summed E-state index contributed by atoms with van der Waals surface area (Å²) in [7, 11) is 0. The number of nitrogens with zero attached hydrogens (tertiary/aromatic N) is 1. The van der Waals surface area contributed by atoms with Gasteiger partial charge in [0.25, 0.3) is 0 Å². The molecule has 0 aromatic heterocycles. The molecule has 0 bridgehead atoms. The zero-order valence-electron chi connectivity index (χ0n) is 14.9. The van der Waals surface area contributed by atoms with Crippen molar-refractivity contribution in [1.29, 1.82) is 5.26 Å². The van der Waals surface area contributed by atoms with Crippen LogP contribution in [0.5, 0.6) is 0 Å². The second kappa shape index (κ2) is 8.28. The van der Waals surface area contributed by atoms with E-state index in [9.17, 15) is 14.4 Å². The molecule has 5 nitrogen and oxygen atoms in total. The summed E-state index contributed by atoms with van der Waals surface area (Å²) >= 11 is 3.15. The first kappa shape index (κ1) is 19.6. The Kier molecular flexibility index (Phi) is 5.81. The fraction of sp³-hybridized carbons (Fsp3) is 0.143. The van der Waals surface area contributed by atoms with Crippen LogP contribution in [0.15, 0.2) is 70.0 Å². The maximum Gasteiger partial charge on any atom is 0.338 e. The standard InChI is InChI=1S/C21H16BrFN2O3/c1-2-27-21(26)18-17(13-8-9-16(23)15(22)10-13)14(11-24)20(25)28-19(18)12-6-4-3-5-7-12/h3-10,17H,2,25H2,1H3. The van der Waals surface area contributed by atoms with Crippen molar-refractivity contribution >= 4 is 27.7 Å². The summed E-state index contributed by atoms with van der Waals surface area (Å²) < 4.78 is 24.9. The normalized spacial score (nSPS) is 16.4. The smallest absolute Gasteiger partial charge is 0.338 e. The number of esters is 1. The van der Waals surface area contributed by atoms with Gasteiger partial charge in [0, 0.05) is 5.56 Å². The van der Waals surface area contributed by atoms with Gasteiger partial charge < -0.3 is 15.2 Å². The molecule has 1 unspecified atom stereocenters. The fourth-order valence-electron chi connectivity index (χ4n) is 3.01. The molecule has 0 saturated carbocycles. The number of nitriles is 1. The third-order valence-corrected chi connectivity index (χ3v) is 4.84. The maximum atomic E-state index is 13.8. The average molecular weight is 443 g/mol. The van der Waals surface area contributed by atoms with E-state index in [1.54, 1.807) is 31.2 Å². The van der Waals surface area contributed by atoms with E-state index in [1.165, 1.54) is 18.2 Å². The van der Waals surface area contributed by atoms with Crippen LogP contribution in [0, 0.1) is 17.1 Å². The molecule has 0 aliphatic carbocycles. The lowest BCUT2D eigenvalue weighted by Crippen LogP contribution is -2.26. The van der Waals surface area contributed by atoms with Crippen molar-refractivity contribution < 1.29 is 18.7 Å². The molecule has 2 aromatic carbocycles. The summed E-state index contributed by atoms with van der Waals surface area (Å²) in [5.74, 6) is -1.85. The number of halogens is 2. The highest BCUT2D eigenvalue weighted by atomic mass is 79.9. The molecule has 0 spiro atoms. The second-order valence-electron chi connectivity index (χ2n) is 5.93. The van der Waals surface area contributed by atoms with Crippen LogP contribution in [0.1, 0.15) is 24.0 Å². The van der Waals surface area contributed by atoms with Crippen molar-refractivity contribution in [3.8, 4) is 6.07 Å². The average Bonchev–Trinajstić information content (AvgIpc) is 2.70. The lowest BCUT2D eigenvalue weighted by atomic mass is 9.82. The third-order valence-electron chi connectivity index (χ3n) is 4.23. The fourth-order valence-corrected chi connectivity index (χ4v) is 3.40. The van der Waals surface area contributed by atoms with Crippen LogP contribution >= 0.6 is 15.9 Å². The molecule has 0 amide bonds. The summed E-state index contributed by atoms with van der Waals surface area (Å²) in [6, 6.07) is 15.2. The highest BCUT2D eigenvalue weighted by Crippen LogP contribution is 2.43. The first-order chi connectivity index (χ1) is 13.5. The number of rotatable bonds is 4. The number of carbonyl (C=O) groups excluding carboxylic acids is 1. The van der Waals surface area contributed by atoms with E-state index >= 15 is 0 Å². The molecule has 7 heteroatoms. The van der Waals surface area contributed by atoms with E-state index in [-0.39, 0.29) is 33.9 Å². The van der Waals surface area contributed by atoms with Crippen LogP contribution in [0.2, 0.25) is 0 Å². The Balaban J connectivity index is 2.29. The van der Waals surface area contributed by atoms with Gasteiger partial charge in [0.1, 0.15) is 23.2 Å². The van der Waals surface area contributed by atoms with Gasteiger partial charge in [0.05, 0.1) is 22.6 Å². The number of hydrogen-bond donors (Lipinski definition) is 1. The molecule has 2 N–H and O–H groups in total. The minimum atomic E-state index is -0.857. The molecule has 0 fully saturated rings. The van der Waals surface area contributed by atoms with Gasteiger partial charge in [-0.2, -0.15) is 5.26 Å². The van der Waals surface area contributed by atoms with Crippen molar-refractivity contribution in [2.24, 2.45) is 5.73 Å². The maximum absolute atomic E-state index is 13.8. The van der Waals surface area contributed by atoms with Crippen LogP contribution in [-0.2, 0) is 14.3 Å². The van der Waals surface area contributed by atoms with E-state index in [0.29, 0.717) is 11.1 Å². The van der Waals surface area contributed by atoms with Crippen LogP contribution < -0.4 is 5.73 Å².